The summed E-state index contributed by atoms with van der Waals surface area (Å²) in [6.07, 6.45) is 0.899. The fraction of sp³-hybridized carbons (Fsp3) is 0.611. The molecule has 6 heteroatoms. The highest BCUT2D eigenvalue weighted by Gasteiger charge is 2.27. The summed E-state index contributed by atoms with van der Waals surface area (Å²) in [5.41, 5.74) is 6.95. The number of carbonyl (C=O) groups is 1. The van der Waals surface area contributed by atoms with Gasteiger partial charge in [-0.05, 0) is 23.6 Å². The number of nitrogens with two attached hydrogens (primary N) is 1. The Bertz CT molecular complexity index is 559. The lowest BCUT2D eigenvalue weighted by Crippen LogP contribution is -2.54. The summed E-state index contributed by atoms with van der Waals surface area (Å²) >= 11 is 0. The van der Waals surface area contributed by atoms with E-state index in [1.54, 1.807) is 6.07 Å². The molecule has 1 aliphatic heterocycles. The van der Waals surface area contributed by atoms with E-state index in [1.807, 2.05) is 24.8 Å². The molecule has 2 unspecified atom stereocenters. The van der Waals surface area contributed by atoms with E-state index in [9.17, 15) is 9.18 Å². The number of methoxy groups -OCH3 is 1. The molecule has 0 aliphatic carbocycles. The summed E-state index contributed by atoms with van der Waals surface area (Å²) in [6, 6.07) is 4.61. The van der Waals surface area contributed by atoms with Gasteiger partial charge < -0.3 is 15.4 Å². The van der Waals surface area contributed by atoms with Crippen LogP contribution in [0, 0.1) is 11.7 Å². The standard InChI is InChI=1S/C18H28FN3O2/c1-4-13(2)17(20)18(23)22-9-7-21(8-10-22)12-14-5-6-16(24-3)15(19)11-14/h5-6,11,13,17H,4,7-10,12,20H2,1-3H3. The maximum Gasteiger partial charge on any atom is 0.239 e. The smallest absolute Gasteiger partial charge is 0.239 e. The van der Waals surface area contributed by atoms with Crippen LogP contribution in [0.15, 0.2) is 18.2 Å². The Morgan fingerprint density at radius 1 is 1.33 bits per heavy atom. The minimum absolute atomic E-state index is 0.0412. The maximum atomic E-state index is 13.8. The van der Waals surface area contributed by atoms with Gasteiger partial charge in [-0.2, -0.15) is 0 Å². The van der Waals surface area contributed by atoms with Crippen molar-refractivity contribution in [1.82, 2.24) is 9.80 Å². The molecule has 0 spiro atoms. The normalized spacial score (nSPS) is 18.3. The lowest BCUT2D eigenvalue weighted by molar-refractivity contribution is -0.135. The molecule has 134 valence electrons. The van der Waals surface area contributed by atoms with Crippen LogP contribution in [-0.2, 0) is 11.3 Å². The monoisotopic (exact) mass is 337 g/mol. The SMILES string of the molecule is CCC(C)C(N)C(=O)N1CCN(Cc2ccc(OC)c(F)c2)CC1. The number of carbonyl (C=O) groups excluding carboxylic acids is 1. The summed E-state index contributed by atoms with van der Waals surface area (Å²) in [7, 11) is 1.46. The van der Waals surface area contributed by atoms with Crippen molar-refractivity contribution < 1.29 is 13.9 Å². The minimum atomic E-state index is -0.419. The first-order valence-corrected chi connectivity index (χ1v) is 8.55. The van der Waals surface area contributed by atoms with Crippen molar-refractivity contribution in [3.05, 3.63) is 29.6 Å². The fourth-order valence-electron chi connectivity index (χ4n) is 2.90. The molecule has 2 N–H and O–H groups in total. The molecule has 0 radical (unpaired) electrons. The molecule has 0 saturated carbocycles. The van der Waals surface area contributed by atoms with E-state index in [4.69, 9.17) is 10.5 Å². The number of hydrogen-bond acceptors (Lipinski definition) is 4. The predicted octanol–water partition coefficient (Wildman–Crippen LogP) is 1.85. The van der Waals surface area contributed by atoms with Crippen LogP contribution in [-0.4, -0.2) is 55.0 Å². The number of amides is 1. The molecule has 1 amide bonds. The molecule has 2 atom stereocenters. The molecule has 0 aromatic heterocycles. The van der Waals surface area contributed by atoms with Crippen LogP contribution in [0.4, 0.5) is 4.39 Å². The van der Waals surface area contributed by atoms with E-state index in [2.05, 4.69) is 4.90 Å². The zero-order chi connectivity index (χ0) is 17.7. The van der Waals surface area contributed by atoms with E-state index >= 15 is 0 Å². The fourth-order valence-corrected chi connectivity index (χ4v) is 2.90. The summed E-state index contributed by atoms with van der Waals surface area (Å²) in [4.78, 5) is 16.5. The number of benzene rings is 1. The predicted molar refractivity (Wildman–Crippen MR) is 92.2 cm³/mol. The number of nitrogens with zero attached hydrogens (tertiary/aromatic N) is 2. The average molecular weight is 337 g/mol. The molecule has 1 aliphatic rings. The van der Waals surface area contributed by atoms with Gasteiger partial charge in [0.2, 0.25) is 5.91 Å². The molecular formula is C18H28FN3O2. The minimum Gasteiger partial charge on any atom is -0.494 e. The molecule has 24 heavy (non-hydrogen) atoms. The van der Waals surface area contributed by atoms with E-state index < -0.39 is 6.04 Å². The molecule has 2 rings (SSSR count). The van der Waals surface area contributed by atoms with Crippen molar-refractivity contribution in [3.8, 4) is 5.75 Å². The highest BCUT2D eigenvalue weighted by atomic mass is 19.1. The average Bonchev–Trinajstić information content (AvgIpc) is 2.60. The van der Waals surface area contributed by atoms with E-state index in [0.717, 1.165) is 25.1 Å². The number of ether oxygens (including phenoxy) is 1. The van der Waals surface area contributed by atoms with Gasteiger partial charge in [0.1, 0.15) is 0 Å². The third-order valence-electron chi connectivity index (χ3n) is 4.85. The topological polar surface area (TPSA) is 58.8 Å². The first-order valence-electron chi connectivity index (χ1n) is 8.55. The van der Waals surface area contributed by atoms with E-state index in [0.29, 0.717) is 19.6 Å². The van der Waals surface area contributed by atoms with Gasteiger partial charge in [0.25, 0.3) is 0 Å². The van der Waals surface area contributed by atoms with Gasteiger partial charge >= 0.3 is 0 Å². The molecule has 1 saturated heterocycles. The van der Waals surface area contributed by atoms with Crippen LogP contribution in [0.5, 0.6) is 5.75 Å². The Morgan fingerprint density at radius 3 is 2.54 bits per heavy atom. The Hall–Kier alpha value is -1.66. The summed E-state index contributed by atoms with van der Waals surface area (Å²) < 4.78 is 18.7. The second kappa shape index (κ2) is 8.44. The number of rotatable bonds is 6. The van der Waals surface area contributed by atoms with Gasteiger partial charge in [-0.3, -0.25) is 9.69 Å². The lowest BCUT2D eigenvalue weighted by Gasteiger charge is -2.36. The first kappa shape index (κ1) is 18.7. The number of hydrogen-bond donors (Lipinski definition) is 1. The third-order valence-corrected chi connectivity index (χ3v) is 4.85. The number of halogens is 1. The van der Waals surface area contributed by atoms with Crippen molar-refractivity contribution in [2.24, 2.45) is 11.7 Å². The molecule has 5 nitrogen and oxygen atoms in total. The van der Waals surface area contributed by atoms with Gasteiger partial charge in [0.15, 0.2) is 11.6 Å². The maximum absolute atomic E-state index is 13.8. The van der Waals surface area contributed by atoms with E-state index in [-0.39, 0.29) is 23.4 Å². The molecule has 1 heterocycles. The molecule has 1 fully saturated rings. The van der Waals surface area contributed by atoms with E-state index in [1.165, 1.54) is 13.2 Å². The Kier molecular flexibility index (Phi) is 6.57. The van der Waals surface area contributed by atoms with Crippen LogP contribution >= 0.6 is 0 Å². The Balaban J connectivity index is 1.86. The zero-order valence-corrected chi connectivity index (χ0v) is 14.8. The van der Waals surface area contributed by atoms with Crippen molar-refractivity contribution in [2.75, 3.05) is 33.3 Å². The highest BCUT2D eigenvalue weighted by molar-refractivity contribution is 5.82. The first-order chi connectivity index (χ1) is 11.5. The van der Waals surface area contributed by atoms with Crippen molar-refractivity contribution >= 4 is 5.91 Å². The summed E-state index contributed by atoms with van der Waals surface area (Å²) in [5, 5.41) is 0. The van der Waals surface area contributed by atoms with Crippen molar-refractivity contribution in [2.45, 2.75) is 32.9 Å². The van der Waals surface area contributed by atoms with Gasteiger partial charge in [-0.25, -0.2) is 4.39 Å². The summed E-state index contributed by atoms with van der Waals surface area (Å²) in [6.45, 7) is 7.60. The number of piperazine rings is 1. The van der Waals surface area contributed by atoms with Crippen LogP contribution < -0.4 is 10.5 Å². The molecule has 0 bridgehead atoms. The van der Waals surface area contributed by atoms with Gasteiger partial charge in [-0.15, -0.1) is 0 Å². The van der Waals surface area contributed by atoms with Crippen LogP contribution in [0.3, 0.4) is 0 Å². The zero-order valence-electron chi connectivity index (χ0n) is 14.8. The third kappa shape index (κ3) is 4.45. The van der Waals surface area contributed by atoms with Gasteiger partial charge in [0, 0.05) is 32.7 Å². The van der Waals surface area contributed by atoms with Crippen molar-refractivity contribution in [3.63, 3.8) is 0 Å². The van der Waals surface area contributed by atoms with Gasteiger partial charge in [-0.1, -0.05) is 26.3 Å². The highest BCUT2D eigenvalue weighted by Crippen LogP contribution is 2.19. The van der Waals surface area contributed by atoms with Crippen LogP contribution in [0.25, 0.3) is 0 Å². The van der Waals surface area contributed by atoms with Gasteiger partial charge in [0.05, 0.1) is 13.2 Å². The quantitative estimate of drug-likeness (QED) is 0.861. The second-order valence-corrected chi connectivity index (χ2v) is 6.48. The second-order valence-electron chi connectivity index (χ2n) is 6.48. The summed E-state index contributed by atoms with van der Waals surface area (Å²) in [5.74, 6) is 0.147. The largest absolute Gasteiger partial charge is 0.494 e. The van der Waals surface area contributed by atoms with Crippen LogP contribution in [0.2, 0.25) is 0 Å². The van der Waals surface area contributed by atoms with Crippen LogP contribution in [0.1, 0.15) is 25.8 Å². The molecule has 1 aromatic carbocycles. The van der Waals surface area contributed by atoms with Crippen molar-refractivity contribution in [1.29, 1.82) is 0 Å². The molecule has 1 aromatic rings. The Morgan fingerprint density at radius 2 is 2.00 bits per heavy atom. The molecular weight excluding hydrogens is 309 g/mol. The lowest BCUT2D eigenvalue weighted by atomic mass is 9.98. The Labute approximate surface area is 143 Å².